The van der Waals surface area contributed by atoms with Crippen LogP contribution in [-0.4, -0.2) is 11.1 Å². The average molecular weight is 208 g/mol. The Balaban J connectivity index is 2.85. The molecule has 1 aromatic heterocycles. The second kappa shape index (κ2) is 5.49. The highest BCUT2D eigenvalue weighted by atomic mass is 16.4. The van der Waals surface area contributed by atoms with Crippen molar-refractivity contribution < 1.29 is 14.5 Å². The van der Waals surface area contributed by atoms with Crippen molar-refractivity contribution in [3.63, 3.8) is 0 Å². The molecule has 0 saturated heterocycles. The topological polar surface area (TPSA) is 41.2 Å². The molecule has 3 heteroatoms. The van der Waals surface area contributed by atoms with Crippen LogP contribution in [0.4, 0.5) is 0 Å². The first-order chi connectivity index (χ1) is 7.15. The van der Waals surface area contributed by atoms with Crippen LogP contribution in [0.5, 0.6) is 0 Å². The van der Waals surface area contributed by atoms with Crippen LogP contribution >= 0.6 is 0 Å². The monoisotopic (exact) mass is 208 g/mol. The van der Waals surface area contributed by atoms with Crippen LogP contribution in [0.2, 0.25) is 0 Å². The second-order valence-electron chi connectivity index (χ2n) is 3.74. The fraction of sp³-hybridized carbons (Fsp3) is 0.500. The predicted octanol–water partition coefficient (Wildman–Crippen LogP) is 1.71. The van der Waals surface area contributed by atoms with E-state index >= 15 is 0 Å². The number of carbonyl (C=O) groups is 1. The lowest BCUT2D eigenvalue weighted by atomic mass is 10.1. The van der Waals surface area contributed by atoms with E-state index in [4.69, 9.17) is 5.11 Å². The number of pyridine rings is 1. The van der Waals surface area contributed by atoms with Crippen molar-refractivity contribution in [1.29, 1.82) is 0 Å². The highest BCUT2D eigenvalue weighted by molar-refractivity contribution is 5.70. The lowest BCUT2D eigenvalue weighted by molar-refractivity contribution is -0.703. The largest absolute Gasteiger partial charge is 0.481 e. The maximum atomic E-state index is 10.6. The van der Waals surface area contributed by atoms with Gasteiger partial charge in [0.15, 0.2) is 11.9 Å². The quantitative estimate of drug-likeness (QED) is 0.748. The van der Waals surface area contributed by atoms with Gasteiger partial charge >= 0.3 is 5.97 Å². The molecule has 82 valence electrons. The Morgan fingerprint density at radius 2 is 2.27 bits per heavy atom. The minimum absolute atomic E-state index is 0.110. The summed E-state index contributed by atoms with van der Waals surface area (Å²) in [6, 6.07) is 3.80. The van der Waals surface area contributed by atoms with Gasteiger partial charge in [0.05, 0.1) is 6.42 Å². The van der Waals surface area contributed by atoms with E-state index in [2.05, 4.69) is 11.5 Å². The number of hydrogen-bond acceptors (Lipinski definition) is 1. The van der Waals surface area contributed by atoms with Crippen molar-refractivity contribution in [3.05, 3.63) is 29.6 Å². The number of aryl methyl sites for hydroxylation is 1. The van der Waals surface area contributed by atoms with Crippen LogP contribution in [0.1, 0.15) is 31.0 Å². The SMILES string of the molecule is CCCC[n+]1cccc(CC(=O)O)c1C. The number of hydrogen-bond donors (Lipinski definition) is 1. The first-order valence-electron chi connectivity index (χ1n) is 5.35. The van der Waals surface area contributed by atoms with E-state index in [-0.39, 0.29) is 6.42 Å². The molecule has 0 aliphatic rings. The molecule has 0 bridgehead atoms. The zero-order chi connectivity index (χ0) is 11.3. The van der Waals surface area contributed by atoms with Crippen molar-refractivity contribution in [2.45, 2.75) is 39.7 Å². The Kier molecular flexibility index (Phi) is 4.28. The summed E-state index contributed by atoms with van der Waals surface area (Å²) in [7, 11) is 0. The third kappa shape index (κ3) is 3.35. The van der Waals surface area contributed by atoms with Gasteiger partial charge in [-0.2, -0.15) is 0 Å². The van der Waals surface area contributed by atoms with E-state index in [1.807, 2.05) is 25.3 Å². The molecule has 0 fully saturated rings. The number of aliphatic carboxylic acids is 1. The molecule has 1 rings (SSSR count). The highest BCUT2D eigenvalue weighted by Crippen LogP contribution is 2.04. The average Bonchev–Trinajstić information content (AvgIpc) is 2.19. The number of carboxylic acid groups (broad SMARTS) is 1. The molecule has 0 aliphatic carbocycles. The van der Waals surface area contributed by atoms with Gasteiger partial charge in [-0.1, -0.05) is 13.3 Å². The van der Waals surface area contributed by atoms with Crippen LogP contribution in [0.3, 0.4) is 0 Å². The number of aromatic nitrogens is 1. The van der Waals surface area contributed by atoms with E-state index in [1.54, 1.807) is 0 Å². The van der Waals surface area contributed by atoms with Gasteiger partial charge in [0.2, 0.25) is 0 Å². The standard InChI is InChI=1S/C12H17NO2/c1-3-4-7-13-8-5-6-11(10(13)2)9-12(14)15/h5-6,8H,3-4,7,9H2,1-2H3/p+1. The van der Waals surface area contributed by atoms with E-state index in [1.165, 1.54) is 0 Å². The van der Waals surface area contributed by atoms with Crippen molar-refractivity contribution in [1.82, 2.24) is 0 Å². The minimum Gasteiger partial charge on any atom is -0.481 e. The van der Waals surface area contributed by atoms with Gasteiger partial charge in [-0.3, -0.25) is 4.79 Å². The first kappa shape index (κ1) is 11.7. The third-order valence-corrected chi connectivity index (χ3v) is 2.55. The zero-order valence-electron chi connectivity index (χ0n) is 9.36. The van der Waals surface area contributed by atoms with Gasteiger partial charge in [0.25, 0.3) is 0 Å². The van der Waals surface area contributed by atoms with Crippen LogP contribution in [-0.2, 0) is 17.8 Å². The van der Waals surface area contributed by atoms with Gasteiger partial charge in [-0.25, -0.2) is 4.57 Å². The molecule has 0 atom stereocenters. The van der Waals surface area contributed by atoms with Gasteiger partial charge in [0.1, 0.15) is 6.54 Å². The fourth-order valence-corrected chi connectivity index (χ4v) is 1.60. The van der Waals surface area contributed by atoms with Crippen LogP contribution in [0.15, 0.2) is 18.3 Å². The van der Waals surface area contributed by atoms with E-state index in [0.29, 0.717) is 0 Å². The van der Waals surface area contributed by atoms with Crippen molar-refractivity contribution in [3.8, 4) is 0 Å². The van der Waals surface area contributed by atoms with E-state index < -0.39 is 5.97 Å². The minimum atomic E-state index is -0.772. The first-order valence-corrected chi connectivity index (χ1v) is 5.35. The number of carboxylic acids is 1. The summed E-state index contributed by atoms with van der Waals surface area (Å²) in [5, 5.41) is 8.75. The van der Waals surface area contributed by atoms with E-state index in [0.717, 1.165) is 30.6 Å². The molecule has 0 amide bonds. The lowest BCUT2D eigenvalue weighted by Gasteiger charge is -2.03. The maximum Gasteiger partial charge on any atom is 0.308 e. The molecule has 0 saturated carbocycles. The fourth-order valence-electron chi connectivity index (χ4n) is 1.60. The molecule has 0 radical (unpaired) electrons. The summed E-state index contributed by atoms with van der Waals surface area (Å²) < 4.78 is 2.13. The van der Waals surface area contributed by atoms with Crippen molar-refractivity contribution in [2.24, 2.45) is 0 Å². The van der Waals surface area contributed by atoms with Gasteiger partial charge < -0.3 is 5.11 Å². The molecule has 15 heavy (non-hydrogen) atoms. The predicted molar refractivity (Wildman–Crippen MR) is 57.6 cm³/mol. The number of rotatable bonds is 5. The zero-order valence-corrected chi connectivity index (χ0v) is 9.36. The number of unbranched alkanes of at least 4 members (excludes halogenated alkanes) is 1. The third-order valence-electron chi connectivity index (χ3n) is 2.55. The summed E-state index contributed by atoms with van der Waals surface area (Å²) in [6.07, 6.45) is 4.40. The molecule has 0 aliphatic heterocycles. The van der Waals surface area contributed by atoms with Crippen LogP contribution in [0.25, 0.3) is 0 Å². The van der Waals surface area contributed by atoms with Crippen LogP contribution in [0, 0.1) is 6.92 Å². The molecule has 1 aromatic rings. The molecule has 1 heterocycles. The van der Waals surface area contributed by atoms with Gasteiger partial charge in [-0.15, -0.1) is 0 Å². The summed E-state index contributed by atoms with van der Waals surface area (Å²) in [5.74, 6) is -0.772. The summed E-state index contributed by atoms with van der Waals surface area (Å²) in [6.45, 7) is 5.10. The van der Waals surface area contributed by atoms with E-state index in [9.17, 15) is 4.79 Å². The Labute approximate surface area is 90.4 Å². The summed E-state index contributed by atoms with van der Waals surface area (Å²) in [5.41, 5.74) is 1.97. The Morgan fingerprint density at radius 3 is 2.87 bits per heavy atom. The molecule has 0 unspecified atom stereocenters. The molecule has 0 spiro atoms. The molecular formula is C12H18NO2+. The summed E-state index contributed by atoms with van der Waals surface area (Å²) in [4.78, 5) is 10.6. The molecular weight excluding hydrogens is 190 g/mol. The Hall–Kier alpha value is -1.38. The molecule has 0 aromatic carbocycles. The molecule has 1 N–H and O–H groups in total. The Morgan fingerprint density at radius 1 is 1.53 bits per heavy atom. The smallest absolute Gasteiger partial charge is 0.308 e. The molecule has 3 nitrogen and oxygen atoms in total. The van der Waals surface area contributed by atoms with Crippen molar-refractivity contribution >= 4 is 5.97 Å². The number of nitrogens with zero attached hydrogens (tertiary/aromatic N) is 1. The van der Waals surface area contributed by atoms with Crippen molar-refractivity contribution in [2.75, 3.05) is 0 Å². The second-order valence-corrected chi connectivity index (χ2v) is 3.74. The van der Waals surface area contributed by atoms with Crippen LogP contribution < -0.4 is 4.57 Å². The highest BCUT2D eigenvalue weighted by Gasteiger charge is 2.12. The normalized spacial score (nSPS) is 10.3. The lowest BCUT2D eigenvalue weighted by Crippen LogP contribution is -2.37. The Bertz CT molecular complexity index is 347. The van der Waals surface area contributed by atoms with Gasteiger partial charge in [-0.05, 0) is 6.07 Å². The maximum absolute atomic E-state index is 10.6. The summed E-state index contributed by atoms with van der Waals surface area (Å²) >= 11 is 0. The van der Waals surface area contributed by atoms with Gasteiger partial charge in [0, 0.05) is 25.0 Å².